The predicted octanol–water partition coefficient (Wildman–Crippen LogP) is 0.409. The van der Waals surface area contributed by atoms with Crippen LogP contribution in [0.2, 0.25) is 0 Å². The zero-order valence-electron chi connectivity index (χ0n) is 13.9. The number of nitrogens with one attached hydrogen (secondary N) is 1. The Bertz CT molecular complexity index is 740. The van der Waals surface area contributed by atoms with Gasteiger partial charge in [-0.3, -0.25) is 19.7 Å². The Kier molecular flexibility index (Phi) is 3.95. The highest BCUT2D eigenvalue weighted by atomic mass is 16.3. The van der Waals surface area contributed by atoms with Gasteiger partial charge in [0.2, 0.25) is 11.8 Å². The Morgan fingerprint density at radius 2 is 1.84 bits per heavy atom. The molecular formula is C18H21N3O4. The summed E-state index contributed by atoms with van der Waals surface area (Å²) in [5, 5.41) is 12.0. The van der Waals surface area contributed by atoms with Gasteiger partial charge >= 0.3 is 0 Å². The second-order valence-corrected chi connectivity index (χ2v) is 6.92. The van der Waals surface area contributed by atoms with Gasteiger partial charge in [0.25, 0.3) is 5.91 Å². The van der Waals surface area contributed by atoms with E-state index in [1.165, 1.54) is 0 Å². The number of carbonyl (C=O) groups is 3. The predicted molar refractivity (Wildman–Crippen MR) is 89.9 cm³/mol. The fraction of sp³-hybridized carbons (Fsp3) is 0.500. The maximum absolute atomic E-state index is 12.8. The Morgan fingerprint density at radius 3 is 2.56 bits per heavy atom. The van der Waals surface area contributed by atoms with E-state index < -0.39 is 6.04 Å². The SMILES string of the molecule is O=C1CCC(N2Cc3c(cccc3N3CCC(O)CC3)C2=O)C(=O)N1. The third-order valence-corrected chi connectivity index (χ3v) is 5.36. The van der Waals surface area contributed by atoms with Crippen molar-refractivity contribution in [2.75, 3.05) is 18.0 Å². The van der Waals surface area contributed by atoms with Crippen molar-refractivity contribution in [3.8, 4) is 0 Å². The largest absolute Gasteiger partial charge is 0.393 e. The van der Waals surface area contributed by atoms with Crippen LogP contribution in [0, 0.1) is 0 Å². The Balaban J connectivity index is 1.60. The van der Waals surface area contributed by atoms with Gasteiger partial charge in [-0.15, -0.1) is 0 Å². The number of aliphatic hydroxyl groups excluding tert-OH is 1. The van der Waals surface area contributed by atoms with Gasteiger partial charge < -0.3 is 14.9 Å². The van der Waals surface area contributed by atoms with E-state index in [2.05, 4.69) is 10.2 Å². The van der Waals surface area contributed by atoms with Gasteiger partial charge in [0.1, 0.15) is 6.04 Å². The molecule has 3 aliphatic rings. The number of anilines is 1. The quantitative estimate of drug-likeness (QED) is 0.759. The Morgan fingerprint density at radius 1 is 1.08 bits per heavy atom. The summed E-state index contributed by atoms with van der Waals surface area (Å²) in [6, 6.07) is 5.07. The van der Waals surface area contributed by atoms with E-state index in [4.69, 9.17) is 0 Å². The summed E-state index contributed by atoms with van der Waals surface area (Å²) < 4.78 is 0. The van der Waals surface area contributed by atoms with Crippen molar-refractivity contribution >= 4 is 23.4 Å². The molecule has 0 radical (unpaired) electrons. The summed E-state index contributed by atoms with van der Waals surface area (Å²) in [4.78, 5) is 40.1. The first-order valence-corrected chi connectivity index (χ1v) is 8.74. The van der Waals surface area contributed by atoms with Crippen LogP contribution in [-0.2, 0) is 16.1 Å². The molecule has 1 atom stereocenters. The van der Waals surface area contributed by atoms with Crippen LogP contribution < -0.4 is 10.2 Å². The van der Waals surface area contributed by atoms with Crippen molar-refractivity contribution < 1.29 is 19.5 Å². The normalized spacial score (nSPS) is 24.5. The molecule has 0 aromatic heterocycles. The summed E-state index contributed by atoms with van der Waals surface area (Å²) in [7, 11) is 0. The second kappa shape index (κ2) is 6.15. The monoisotopic (exact) mass is 343 g/mol. The third kappa shape index (κ3) is 2.78. The second-order valence-electron chi connectivity index (χ2n) is 6.92. The summed E-state index contributed by atoms with van der Waals surface area (Å²) in [5.41, 5.74) is 2.58. The molecule has 1 unspecified atom stereocenters. The molecule has 25 heavy (non-hydrogen) atoms. The molecule has 0 spiro atoms. The minimum atomic E-state index is -0.589. The number of fused-ring (bicyclic) bond motifs is 1. The molecule has 3 heterocycles. The van der Waals surface area contributed by atoms with Crippen LogP contribution in [-0.4, -0.2) is 53.0 Å². The number of aliphatic hydroxyl groups is 1. The molecular weight excluding hydrogens is 322 g/mol. The number of benzene rings is 1. The molecule has 0 aliphatic carbocycles. The fourth-order valence-electron chi connectivity index (χ4n) is 3.97. The van der Waals surface area contributed by atoms with Gasteiger partial charge in [-0.2, -0.15) is 0 Å². The zero-order valence-corrected chi connectivity index (χ0v) is 13.9. The van der Waals surface area contributed by atoms with Crippen molar-refractivity contribution in [2.24, 2.45) is 0 Å². The highest BCUT2D eigenvalue weighted by Gasteiger charge is 2.40. The summed E-state index contributed by atoms with van der Waals surface area (Å²) in [6.45, 7) is 1.89. The first kappa shape index (κ1) is 16.1. The number of piperidine rings is 2. The maximum atomic E-state index is 12.8. The highest BCUT2D eigenvalue weighted by Crippen LogP contribution is 2.35. The summed E-state index contributed by atoms with van der Waals surface area (Å²) in [5.74, 6) is -0.818. The van der Waals surface area contributed by atoms with E-state index in [1.54, 1.807) is 11.0 Å². The van der Waals surface area contributed by atoms with Crippen LogP contribution in [0.5, 0.6) is 0 Å². The Labute approximate surface area is 145 Å². The molecule has 0 bridgehead atoms. The first-order valence-electron chi connectivity index (χ1n) is 8.74. The van der Waals surface area contributed by atoms with Crippen LogP contribution >= 0.6 is 0 Å². The Hall–Kier alpha value is -2.41. The van der Waals surface area contributed by atoms with Crippen molar-refractivity contribution in [2.45, 2.75) is 44.4 Å². The minimum Gasteiger partial charge on any atom is -0.393 e. The van der Waals surface area contributed by atoms with E-state index in [1.807, 2.05) is 12.1 Å². The molecule has 7 nitrogen and oxygen atoms in total. The lowest BCUT2D eigenvalue weighted by Crippen LogP contribution is -2.52. The molecule has 1 aromatic rings. The number of hydrogen-bond acceptors (Lipinski definition) is 5. The first-order chi connectivity index (χ1) is 12.0. The van der Waals surface area contributed by atoms with Crippen molar-refractivity contribution in [3.63, 3.8) is 0 Å². The van der Waals surface area contributed by atoms with Gasteiger partial charge in [0.05, 0.1) is 6.10 Å². The molecule has 2 saturated heterocycles. The smallest absolute Gasteiger partial charge is 0.255 e. The number of nitrogens with zero attached hydrogens (tertiary/aromatic N) is 2. The third-order valence-electron chi connectivity index (χ3n) is 5.36. The van der Waals surface area contributed by atoms with E-state index >= 15 is 0 Å². The van der Waals surface area contributed by atoms with Crippen molar-refractivity contribution in [1.82, 2.24) is 10.2 Å². The topological polar surface area (TPSA) is 90.0 Å². The molecule has 3 aliphatic heterocycles. The molecule has 7 heteroatoms. The van der Waals surface area contributed by atoms with Gasteiger partial charge in [0.15, 0.2) is 0 Å². The van der Waals surface area contributed by atoms with Crippen molar-refractivity contribution in [3.05, 3.63) is 29.3 Å². The highest BCUT2D eigenvalue weighted by molar-refractivity contribution is 6.06. The average molecular weight is 343 g/mol. The zero-order chi connectivity index (χ0) is 17.6. The molecule has 2 N–H and O–H groups in total. The average Bonchev–Trinajstić information content (AvgIpc) is 2.93. The molecule has 132 valence electrons. The van der Waals surface area contributed by atoms with Gasteiger partial charge in [-0.1, -0.05) is 6.07 Å². The minimum absolute atomic E-state index is 0.150. The van der Waals surface area contributed by atoms with Crippen LogP contribution in [0.1, 0.15) is 41.6 Å². The molecule has 4 rings (SSSR count). The number of carbonyl (C=O) groups excluding carboxylic acids is 3. The van der Waals surface area contributed by atoms with Crippen LogP contribution in [0.15, 0.2) is 18.2 Å². The molecule has 0 saturated carbocycles. The number of hydrogen-bond donors (Lipinski definition) is 2. The van der Waals surface area contributed by atoms with E-state index in [0.29, 0.717) is 31.4 Å². The van der Waals surface area contributed by atoms with E-state index in [9.17, 15) is 19.5 Å². The van der Waals surface area contributed by atoms with Crippen LogP contribution in [0.3, 0.4) is 0 Å². The van der Waals surface area contributed by atoms with Gasteiger partial charge in [0, 0.05) is 42.9 Å². The molecule has 3 amide bonds. The summed E-state index contributed by atoms with van der Waals surface area (Å²) in [6.07, 6.45) is 1.81. The van der Waals surface area contributed by atoms with Gasteiger partial charge in [-0.05, 0) is 31.4 Å². The van der Waals surface area contributed by atoms with E-state index in [-0.39, 0.29) is 30.2 Å². The van der Waals surface area contributed by atoms with Gasteiger partial charge in [-0.25, -0.2) is 0 Å². The number of imide groups is 1. The van der Waals surface area contributed by atoms with E-state index in [0.717, 1.165) is 24.3 Å². The van der Waals surface area contributed by atoms with Crippen molar-refractivity contribution in [1.29, 1.82) is 0 Å². The van der Waals surface area contributed by atoms with Crippen LogP contribution in [0.25, 0.3) is 0 Å². The van der Waals surface area contributed by atoms with Crippen LogP contribution in [0.4, 0.5) is 5.69 Å². The lowest BCUT2D eigenvalue weighted by molar-refractivity contribution is -0.136. The fourth-order valence-corrected chi connectivity index (χ4v) is 3.97. The maximum Gasteiger partial charge on any atom is 0.255 e. The molecule has 1 aromatic carbocycles. The lowest BCUT2D eigenvalue weighted by Gasteiger charge is -2.33. The number of amides is 3. The standard InChI is InChI=1S/C18H21N3O4/c22-11-6-8-20(9-7-11)14-3-1-2-12-13(14)10-21(18(12)25)15-4-5-16(23)19-17(15)24/h1-3,11,15,22H,4-10H2,(H,19,23,24). The summed E-state index contributed by atoms with van der Waals surface area (Å²) >= 11 is 0. The molecule has 2 fully saturated rings. The number of rotatable bonds is 2. The lowest BCUT2D eigenvalue weighted by atomic mass is 10.0.